The number of carbonyl (C=O) groups is 1. The van der Waals surface area contributed by atoms with E-state index in [0.29, 0.717) is 13.0 Å². The minimum absolute atomic E-state index is 0.0757. The number of rotatable bonds is 1. The molecule has 22 heavy (non-hydrogen) atoms. The van der Waals surface area contributed by atoms with E-state index in [0.717, 1.165) is 16.7 Å². The summed E-state index contributed by atoms with van der Waals surface area (Å²) in [6, 6.07) is 8.89. The molecule has 0 radical (unpaired) electrons. The Kier molecular flexibility index (Phi) is 3.69. The Bertz CT molecular complexity index is 742. The lowest BCUT2D eigenvalue weighted by Gasteiger charge is -2.35. The normalized spacial score (nSPS) is 17.3. The maximum atomic E-state index is 14.0. The summed E-state index contributed by atoms with van der Waals surface area (Å²) >= 11 is 0. The van der Waals surface area contributed by atoms with Gasteiger partial charge in [-0.15, -0.1) is 0 Å². The Hall–Kier alpha value is -2.23. The van der Waals surface area contributed by atoms with Crippen molar-refractivity contribution in [2.75, 3.05) is 6.54 Å². The van der Waals surface area contributed by atoms with Crippen molar-refractivity contribution >= 4 is 5.91 Å². The second-order valence-corrected chi connectivity index (χ2v) is 5.75. The highest BCUT2D eigenvalue weighted by Crippen LogP contribution is 2.31. The number of aryl methyl sites for hydroxylation is 1. The summed E-state index contributed by atoms with van der Waals surface area (Å²) in [5, 5.41) is 0. The van der Waals surface area contributed by atoms with E-state index < -0.39 is 5.82 Å². The second kappa shape index (κ2) is 5.52. The smallest absolute Gasteiger partial charge is 0.257 e. The zero-order chi connectivity index (χ0) is 15.9. The number of nitrogens with zero attached hydrogens (tertiary/aromatic N) is 1. The lowest BCUT2D eigenvalue weighted by molar-refractivity contribution is 0.0672. The molecule has 0 saturated heterocycles. The van der Waals surface area contributed by atoms with Crippen LogP contribution in [0.4, 0.5) is 8.78 Å². The predicted molar refractivity (Wildman–Crippen MR) is 80.7 cm³/mol. The van der Waals surface area contributed by atoms with Gasteiger partial charge < -0.3 is 4.90 Å². The van der Waals surface area contributed by atoms with Gasteiger partial charge in [0.05, 0.1) is 11.6 Å². The maximum Gasteiger partial charge on any atom is 0.257 e. The van der Waals surface area contributed by atoms with E-state index in [2.05, 4.69) is 0 Å². The highest BCUT2D eigenvalue weighted by Gasteiger charge is 2.29. The summed E-state index contributed by atoms with van der Waals surface area (Å²) in [7, 11) is 0. The van der Waals surface area contributed by atoms with E-state index in [4.69, 9.17) is 0 Å². The van der Waals surface area contributed by atoms with Gasteiger partial charge in [-0.05, 0) is 55.7 Å². The third kappa shape index (κ3) is 2.49. The van der Waals surface area contributed by atoms with Crippen LogP contribution in [0.25, 0.3) is 0 Å². The van der Waals surface area contributed by atoms with E-state index in [9.17, 15) is 13.6 Å². The molecule has 0 N–H and O–H groups in total. The lowest BCUT2D eigenvalue weighted by atomic mass is 9.92. The summed E-state index contributed by atoms with van der Waals surface area (Å²) in [5.74, 6) is -1.18. The summed E-state index contributed by atoms with van der Waals surface area (Å²) in [4.78, 5) is 14.3. The quantitative estimate of drug-likeness (QED) is 0.778. The fraction of sp³-hybridized carbons (Fsp3) is 0.278. The van der Waals surface area contributed by atoms with E-state index in [1.165, 1.54) is 18.2 Å². The van der Waals surface area contributed by atoms with Crippen LogP contribution in [-0.2, 0) is 6.42 Å². The summed E-state index contributed by atoms with van der Waals surface area (Å²) in [6.45, 7) is 4.18. The van der Waals surface area contributed by atoms with E-state index in [-0.39, 0.29) is 23.3 Å². The molecule has 0 bridgehead atoms. The van der Waals surface area contributed by atoms with E-state index in [1.54, 1.807) is 23.1 Å². The lowest BCUT2D eigenvalue weighted by Crippen LogP contribution is -2.39. The molecule has 0 saturated carbocycles. The molecule has 1 heterocycles. The monoisotopic (exact) mass is 301 g/mol. The van der Waals surface area contributed by atoms with Crippen LogP contribution in [0.15, 0.2) is 36.4 Å². The first-order valence-electron chi connectivity index (χ1n) is 7.33. The first-order chi connectivity index (χ1) is 10.5. The van der Waals surface area contributed by atoms with E-state index >= 15 is 0 Å². The first kappa shape index (κ1) is 14.7. The highest BCUT2D eigenvalue weighted by molar-refractivity contribution is 5.95. The fourth-order valence-electron chi connectivity index (χ4n) is 3.02. The van der Waals surface area contributed by atoms with Gasteiger partial charge in [-0.3, -0.25) is 4.79 Å². The third-order valence-corrected chi connectivity index (χ3v) is 4.26. The number of halogens is 2. The van der Waals surface area contributed by atoms with Gasteiger partial charge >= 0.3 is 0 Å². The van der Waals surface area contributed by atoms with Crippen molar-refractivity contribution in [1.29, 1.82) is 0 Å². The minimum atomic E-state index is -0.521. The van der Waals surface area contributed by atoms with Crippen LogP contribution < -0.4 is 0 Å². The van der Waals surface area contributed by atoms with Crippen LogP contribution in [0.3, 0.4) is 0 Å². The van der Waals surface area contributed by atoms with Crippen molar-refractivity contribution in [3.05, 3.63) is 70.3 Å². The van der Waals surface area contributed by atoms with Crippen molar-refractivity contribution in [1.82, 2.24) is 4.90 Å². The van der Waals surface area contributed by atoms with Crippen molar-refractivity contribution < 1.29 is 13.6 Å². The molecule has 114 valence electrons. The fourth-order valence-corrected chi connectivity index (χ4v) is 3.02. The predicted octanol–water partition coefficient (Wildman–Crippen LogP) is 4.03. The Balaban J connectivity index is 1.96. The Morgan fingerprint density at radius 1 is 1.18 bits per heavy atom. The molecule has 0 fully saturated rings. The van der Waals surface area contributed by atoms with Gasteiger partial charge in [0.15, 0.2) is 0 Å². The maximum absolute atomic E-state index is 14.0. The molecule has 1 unspecified atom stereocenters. The summed E-state index contributed by atoms with van der Waals surface area (Å²) in [6.07, 6.45) is 0.652. The van der Waals surface area contributed by atoms with Gasteiger partial charge in [-0.25, -0.2) is 8.78 Å². The molecule has 0 aliphatic carbocycles. The Morgan fingerprint density at radius 3 is 2.73 bits per heavy atom. The number of hydrogen-bond donors (Lipinski definition) is 0. The molecule has 2 aromatic carbocycles. The second-order valence-electron chi connectivity index (χ2n) is 5.75. The molecule has 4 heteroatoms. The zero-order valence-electron chi connectivity index (χ0n) is 12.6. The van der Waals surface area contributed by atoms with Crippen molar-refractivity contribution in [3.63, 3.8) is 0 Å². The van der Waals surface area contributed by atoms with Crippen molar-refractivity contribution in [2.24, 2.45) is 0 Å². The molecule has 3 rings (SSSR count). The SMILES string of the molecule is Cc1ccc(F)c(C(=O)N2CCc3ccc(F)cc3C2C)c1. The molecule has 1 amide bonds. The van der Waals surface area contributed by atoms with Gasteiger partial charge in [0.1, 0.15) is 11.6 Å². The standard InChI is InChI=1S/C18H17F2NO/c1-11-3-6-17(20)16(9-11)18(22)21-8-7-13-4-5-14(19)10-15(13)12(21)2/h3-6,9-10,12H,7-8H2,1-2H3. The highest BCUT2D eigenvalue weighted by atomic mass is 19.1. The van der Waals surface area contributed by atoms with Gasteiger partial charge in [0, 0.05) is 6.54 Å². The van der Waals surface area contributed by atoms with E-state index in [1.807, 2.05) is 13.8 Å². The topological polar surface area (TPSA) is 20.3 Å². The van der Waals surface area contributed by atoms with Crippen LogP contribution in [0.2, 0.25) is 0 Å². The number of hydrogen-bond acceptors (Lipinski definition) is 1. The van der Waals surface area contributed by atoms with Crippen LogP contribution in [0, 0.1) is 18.6 Å². The molecule has 0 aromatic heterocycles. The number of amides is 1. The summed E-state index contributed by atoms with van der Waals surface area (Å²) < 4.78 is 27.4. The molecule has 2 nitrogen and oxygen atoms in total. The largest absolute Gasteiger partial charge is 0.331 e. The van der Waals surface area contributed by atoms with Crippen LogP contribution >= 0.6 is 0 Å². The Labute approximate surface area is 128 Å². The van der Waals surface area contributed by atoms with Crippen molar-refractivity contribution in [3.8, 4) is 0 Å². The third-order valence-electron chi connectivity index (χ3n) is 4.26. The molecular weight excluding hydrogens is 284 g/mol. The van der Waals surface area contributed by atoms with Crippen LogP contribution in [0.5, 0.6) is 0 Å². The number of benzene rings is 2. The number of carbonyl (C=O) groups excluding carboxylic acids is 1. The van der Waals surface area contributed by atoms with Gasteiger partial charge in [-0.2, -0.15) is 0 Å². The zero-order valence-corrected chi connectivity index (χ0v) is 12.6. The Morgan fingerprint density at radius 2 is 1.95 bits per heavy atom. The number of fused-ring (bicyclic) bond motifs is 1. The minimum Gasteiger partial charge on any atom is -0.331 e. The van der Waals surface area contributed by atoms with Gasteiger partial charge in [0.2, 0.25) is 0 Å². The molecule has 1 atom stereocenters. The first-order valence-corrected chi connectivity index (χ1v) is 7.33. The average Bonchev–Trinajstić information content (AvgIpc) is 2.50. The van der Waals surface area contributed by atoms with Crippen LogP contribution in [0.1, 0.15) is 40.0 Å². The molecule has 1 aliphatic heterocycles. The molecule has 1 aliphatic rings. The van der Waals surface area contributed by atoms with Gasteiger partial charge in [-0.1, -0.05) is 17.7 Å². The molecular formula is C18H17F2NO. The van der Waals surface area contributed by atoms with Crippen molar-refractivity contribution in [2.45, 2.75) is 26.3 Å². The average molecular weight is 301 g/mol. The van der Waals surface area contributed by atoms with Crippen LogP contribution in [-0.4, -0.2) is 17.4 Å². The summed E-state index contributed by atoms with van der Waals surface area (Å²) in [5.41, 5.74) is 2.75. The molecule has 0 spiro atoms. The molecule has 2 aromatic rings. The van der Waals surface area contributed by atoms with Gasteiger partial charge in [0.25, 0.3) is 5.91 Å².